The highest BCUT2D eigenvalue weighted by molar-refractivity contribution is 8.00. The van der Waals surface area contributed by atoms with Crippen molar-refractivity contribution in [2.24, 2.45) is 0 Å². The molecule has 0 saturated heterocycles. The highest BCUT2D eigenvalue weighted by atomic mass is 32.2. The molecule has 0 aliphatic heterocycles. The van der Waals surface area contributed by atoms with Gasteiger partial charge >= 0.3 is 5.97 Å². The SMILES string of the molecule is COCC(C)(CC(=O)O)NC(=O)C(C)Sc1ccc(OC)cc1. The zero-order chi connectivity index (χ0) is 17.5. The summed E-state index contributed by atoms with van der Waals surface area (Å²) in [7, 11) is 3.07. The highest BCUT2D eigenvalue weighted by Gasteiger charge is 2.31. The zero-order valence-corrected chi connectivity index (χ0v) is 14.6. The molecule has 2 unspecified atom stereocenters. The van der Waals surface area contributed by atoms with Crippen LogP contribution in [0.25, 0.3) is 0 Å². The molecule has 0 fully saturated rings. The van der Waals surface area contributed by atoms with Crippen LogP contribution in [0.4, 0.5) is 0 Å². The average molecular weight is 341 g/mol. The molecule has 0 aliphatic carbocycles. The Morgan fingerprint density at radius 2 is 1.91 bits per heavy atom. The van der Waals surface area contributed by atoms with Crippen molar-refractivity contribution in [3.63, 3.8) is 0 Å². The second-order valence-corrected chi connectivity index (χ2v) is 6.90. The molecule has 6 nitrogen and oxygen atoms in total. The molecule has 1 aromatic rings. The van der Waals surface area contributed by atoms with E-state index in [2.05, 4.69) is 5.32 Å². The van der Waals surface area contributed by atoms with Gasteiger partial charge in [0.1, 0.15) is 5.75 Å². The van der Waals surface area contributed by atoms with Crippen molar-refractivity contribution in [2.45, 2.75) is 36.0 Å². The number of hydrogen-bond acceptors (Lipinski definition) is 5. The van der Waals surface area contributed by atoms with Gasteiger partial charge in [0.15, 0.2) is 0 Å². The van der Waals surface area contributed by atoms with Gasteiger partial charge in [-0.2, -0.15) is 0 Å². The molecule has 0 saturated carbocycles. The Morgan fingerprint density at radius 1 is 1.30 bits per heavy atom. The zero-order valence-electron chi connectivity index (χ0n) is 13.8. The number of amides is 1. The van der Waals surface area contributed by atoms with Gasteiger partial charge in [-0.1, -0.05) is 0 Å². The first-order valence-corrected chi connectivity index (χ1v) is 8.01. The first-order valence-electron chi connectivity index (χ1n) is 7.13. The number of benzene rings is 1. The monoisotopic (exact) mass is 341 g/mol. The molecular formula is C16H23NO5S. The summed E-state index contributed by atoms with van der Waals surface area (Å²) < 4.78 is 10.1. The van der Waals surface area contributed by atoms with Crippen molar-refractivity contribution in [3.8, 4) is 5.75 Å². The Balaban J connectivity index is 2.68. The molecule has 2 atom stereocenters. The lowest BCUT2D eigenvalue weighted by Crippen LogP contribution is -2.52. The molecule has 128 valence electrons. The van der Waals surface area contributed by atoms with E-state index in [0.29, 0.717) is 0 Å². The van der Waals surface area contributed by atoms with Crippen LogP contribution in [0.2, 0.25) is 0 Å². The smallest absolute Gasteiger partial charge is 0.305 e. The molecule has 0 spiro atoms. The van der Waals surface area contributed by atoms with E-state index in [1.807, 2.05) is 24.3 Å². The number of rotatable bonds is 9. The lowest BCUT2D eigenvalue weighted by Gasteiger charge is -2.29. The van der Waals surface area contributed by atoms with Crippen molar-refractivity contribution < 1.29 is 24.2 Å². The second-order valence-electron chi connectivity index (χ2n) is 5.49. The van der Waals surface area contributed by atoms with Crippen molar-refractivity contribution in [1.29, 1.82) is 0 Å². The number of carboxylic acids is 1. The van der Waals surface area contributed by atoms with Crippen LogP contribution in [0.5, 0.6) is 5.75 Å². The molecular weight excluding hydrogens is 318 g/mol. The largest absolute Gasteiger partial charge is 0.497 e. The number of hydrogen-bond donors (Lipinski definition) is 2. The maximum atomic E-state index is 12.3. The van der Waals surface area contributed by atoms with Crippen molar-refractivity contribution in [3.05, 3.63) is 24.3 Å². The van der Waals surface area contributed by atoms with Gasteiger partial charge in [-0.05, 0) is 38.1 Å². The summed E-state index contributed by atoms with van der Waals surface area (Å²) in [6.07, 6.45) is -0.202. The molecule has 7 heteroatoms. The van der Waals surface area contributed by atoms with Crippen LogP contribution in [0.1, 0.15) is 20.3 Å². The Labute approximate surface area is 140 Å². The van der Waals surface area contributed by atoms with Crippen molar-refractivity contribution in [1.82, 2.24) is 5.32 Å². The van der Waals surface area contributed by atoms with Gasteiger partial charge in [0, 0.05) is 12.0 Å². The summed E-state index contributed by atoms with van der Waals surface area (Å²) >= 11 is 1.39. The molecule has 2 N–H and O–H groups in total. The van der Waals surface area contributed by atoms with E-state index in [9.17, 15) is 9.59 Å². The summed E-state index contributed by atoms with van der Waals surface area (Å²) in [4.78, 5) is 24.2. The first-order chi connectivity index (χ1) is 10.8. The predicted molar refractivity (Wildman–Crippen MR) is 89.0 cm³/mol. The quantitative estimate of drug-likeness (QED) is 0.670. The minimum absolute atomic E-state index is 0.130. The summed E-state index contributed by atoms with van der Waals surface area (Å²) in [5.41, 5.74) is -0.938. The van der Waals surface area contributed by atoms with E-state index in [4.69, 9.17) is 14.6 Å². The van der Waals surface area contributed by atoms with Crippen molar-refractivity contribution in [2.75, 3.05) is 20.8 Å². The number of carboxylic acid groups (broad SMARTS) is 1. The number of methoxy groups -OCH3 is 2. The summed E-state index contributed by atoms with van der Waals surface area (Å²) in [5.74, 6) is -0.465. The number of carbonyl (C=O) groups excluding carboxylic acids is 1. The fourth-order valence-corrected chi connectivity index (χ4v) is 2.96. The van der Waals surface area contributed by atoms with E-state index >= 15 is 0 Å². The van der Waals surface area contributed by atoms with Gasteiger partial charge in [-0.3, -0.25) is 9.59 Å². The first kappa shape index (κ1) is 19.3. The third kappa shape index (κ3) is 6.50. The van der Waals surface area contributed by atoms with Gasteiger partial charge in [0.2, 0.25) is 5.91 Å². The topological polar surface area (TPSA) is 84.9 Å². The molecule has 0 aliphatic rings. The van der Waals surface area contributed by atoms with Crippen LogP contribution < -0.4 is 10.1 Å². The minimum Gasteiger partial charge on any atom is -0.497 e. The minimum atomic E-state index is -0.986. The van der Waals surface area contributed by atoms with Gasteiger partial charge in [0.25, 0.3) is 0 Å². The number of aliphatic carboxylic acids is 1. The third-order valence-electron chi connectivity index (χ3n) is 3.17. The van der Waals surface area contributed by atoms with E-state index in [1.165, 1.54) is 18.9 Å². The normalized spacial score (nSPS) is 14.6. The summed E-state index contributed by atoms with van der Waals surface area (Å²) in [6, 6.07) is 7.40. The number of thioether (sulfide) groups is 1. The predicted octanol–water partition coefficient (Wildman–Crippen LogP) is 2.17. The van der Waals surface area contributed by atoms with Crippen LogP contribution >= 0.6 is 11.8 Å². The van der Waals surface area contributed by atoms with Gasteiger partial charge < -0.3 is 19.9 Å². The molecule has 0 heterocycles. The van der Waals surface area contributed by atoms with Crippen LogP contribution in [0.15, 0.2) is 29.2 Å². The Morgan fingerprint density at radius 3 is 2.39 bits per heavy atom. The molecule has 1 rings (SSSR count). The highest BCUT2D eigenvalue weighted by Crippen LogP contribution is 2.26. The average Bonchev–Trinajstić information content (AvgIpc) is 2.47. The van der Waals surface area contributed by atoms with E-state index in [-0.39, 0.29) is 24.2 Å². The van der Waals surface area contributed by atoms with Crippen molar-refractivity contribution >= 4 is 23.6 Å². The fourth-order valence-electron chi connectivity index (χ4n) is 2.09. The second kappa shape index (κ2) is 8.79. The standard InChI is InChI=1S/C16H23NO5S/c1-11(23-13-7-5-12(22-4)6-8-13)15(20)17-16(2,10-21-3)9-14(18)19/h5-8,11H,9-10H2,1-4H3,(H,17,20)(H,18,19). The molecule has 23 heavy (non-hydrogen) atoms. The molecule has 1 amide bonds. The molecule has 1 aromatic carbocycles. The lowest BCUT2D eigenvalue weighted by atomic mass is 9.99. The van der Waals surface area contributed by atoms with Crippen LogP contribution in [0.3, 0.4) is 0 Å². The maximum Gasteiger partial charge on any atom is 0.305 e. The van der Waals surface area contributed by atoms with Gasteiger partial charge in [-0.15, -0.1) is 11.8 Å². The van der Waals surface area contributed by atoms with E-state index in [1.54, 1.807) is 21.0 Å². The number of carbonyl (C=O) groups is 2. The van der Waals surface area contributed by atoms with Gasteiger partial charge in [0.05, 0.1) is 30.9 Å². The van der Waals surface area contributed by atoms with Gasteiger partial charge in [-0.25, -0.2) is 0 Å². The number of nitrogens with one attached hydrogen (secondary N) is 1. The number of ether oxygens (including phenoxy) is 2. The van der Waals surface area contributed by atoms with Crippen LogP contribution in [0, 0.1) is 0 Å². The molecule has 0 aromatic heterocycles. The van der Waals surface area contributed by atoms with E-state index in [0.717, 1.165) is 10.6 Å². The third-order valence-corrected chi connectivity index (χ3v) is 4.28. The molecule has 0 bridgehead atoms. The summed E-state index contributed by atoms with van der Waals surface area (Å²) in [5, 5.41) is 11.4. The van der Waals surface area contributed by atoms with Crippen LogP contribution in [-0.4, -0.2) is 48.6 Å². The lowest BCUT2D eigenvalue weighted by molar-refractivity contribution is -0.139. The van der Waals surface area contributed by atoms with Crippen LogP contribution in [-0.2, 0) is 14.3 Å². The Bertz CT molecular complexity index is 534. The fraction of sp³-hybridized carbons (Fsp3) is 0.500. The Hall–Kier alpha value is -1.73. The summed E-state index contributed by atoms with van der Waals surface area (Å²) in [6.45, 7) is 3.57. The molecule has 0 radical (unpaired) electrons. The van der Waals surface area contributed by atoms with E-state index < -0.39 is 11.5 Å². The Kier molecular flexibility index (Phi) is 7.38. The maximum absolute atomic E-state index is 12.3.